The molecular weight excluding hydrogens is 238 g/mol. The fraction of sp³-hybridized carbons (Fsp3) is 0.438. The largest absolute Gasteiger partial charge is 0.385 e. The van der Waals surface area contributed by atoms with E-state index in [1.54, 1.807) is 6.20 Å². The van der Waals surface area contributed by atoms with Gasteiger partial charge in [0, 0.05) is 30.6 Å². The van der Waals surface area contributed by atoms with E-state index in [9.17, 15) is 5.11 Å². The van der Waals surface area contributed by atoms with Crippen molar-refractivity contribution in [1.82, 2.24) is 4.98 Å². The minimum atomic E-state index is -0.778. The minimum Gasteiger partial charge on any atom is -0.385 e. The van der Waals surface area contributed by atoms with Crippen LogP contribution in [-0.2, 0) is 10.3 Å². The molecule has 0 radical (unpaired) electrons. The van der Waals surface area contributed by atoms with Gasteiger partial charge in [-0.2, -0.15) is 0 Å². The molecule has 1 aromatic heterocycles. The van der Waals surface area contributed by atoms with Gasteiger partial charge in [0.15, 0.2) is 0 Å². The lowest BCUT2D eigenvalue weighted by Crippen LogP contribution is -2.38. The van der Waals surface area contributed by atoms with Gasteiger partial charge >= 0.3 is 0 Å². The van der Waals surface area contributed by atoms with Crippen molar-refractivity contribution < 1.29 is 9.84 Å². The summed E-state index contributed by atoms with van der Waals surface area (Å²) in [5, 5.41) is 13.2. The van der Waals surface area contributed by atoms with Crippen molar-refractivity contribution in [3.05, 3.63) is 42.2 Å². The Kier molecular flexibility index (Phi) is 3.25. The number of aliphatic hydroxyl groups is 1. The van der Waals surface area contributed by atoms with Gasteiger partial charge in [0.2, 0.25) is 0 Å². The molecule has 0 aliphatic carbocycles. The first-order chi connectivity index (χ1) is 9.23. The number of hydrogen-bond donors (Lipinski definition) is 1. The average molecular weight is 257 g/mol. The maximum absolute atomic E-state index is 11.0. The molecule has 1 aromatic carbocycles. The highest BCUT2D eigenvalue weighted by atomic mass is 16.5. The first kappa shape index (κ1) is 12.6. The summed E-state index contributed by atoms with van der Waals surface area (Å²) in [6.45, 7) is 2.72. The summed E-state index contributed by atoms with van der Waals surface area (Å²) in [6.07, 6.45) is 6.05. The average Bonchev–Trinajstić information content (AvgIpc) is 2.46. The Morgan fingerprint density at radius 2 is 2.32 bits per heavy atom. The van der Waals surface area contributed by atoms with Gasteiger partial charge in [0.05, 0.1) is 18.3 Å². The highest BCUT2D eigenvalue weighted by Gasteiger charge is 2.36. The van der Waals surface area contributed by atoms with E-state index in [0.29, 0.717) is 19.4 Å². The van der Waals surface area contributed by atoms with E-state index in [1.165, 1.54) is 0 Å². The second-order valence-electron chi connectivity index (χ2n) is 5.29. The topological polar surface area (TPSA) is 42.4 Å². The molecule has 3 rings (SSSR count). The Balaban J connectivity index is 2.07. The SMILES string of the molecule is CCC1CC(O)(c2cccc3cnccc23)CCO1. The number of benzene rings is 1. The number of nitrogens with zero attached hydrogens (tertiary/aromatic N) is 1. The number of hydrogen-bond acceptors (Lipinski definition) is 3. The molecule has 0 amide bonds. The van der Waals surface area contributed by atoms with Crippen molar-refractivity contribution in [1.29, 1.82) is 0 Å². The third kappa shape index (κ3) is 2.24. The fourth-order valence-corrected chi connectivity index (χ4v) is 2.97. The number of fused-ring (bicyclic) bond motifs is 1. The van der Waals surface area contributed by atoms with E-state index in [-0.39, 0.29) is 6.10 Å². The molecule has 2 heterocycles. The van der Waals surface area contributed by atoms with Crippen LogP contribution in [0, 0.1) is 0 Å². The lowest BCUT2D eigenvalue weighted by atomic mass is 9.81. The van der Waals surface area contributed by atoms with Crippen LogP contribution in [0.4, 0.5) is 0 Å². The predicted octanol–water partition coefficient (Wildman–Crippen LogP) is 3.01. The van der Waals surface area contributed by atoms with Crippen LogP contribution >= 0.6 is 0 Å². The van der Waals surface area contributed by atoms with Gasteiger partial charge in [-0.1, -0.05) is 25.1 Å². The van der Waals surface area contributed by atoms with E-state index in [4.69, 9.17) is 4.74 Å². The number of aromatic nitrogens is 1. The van der Waals surface area contributed by atoms with Crippen molar-refractivity contribution in [3.63, 3.8) is 0 Å². The highest BCUT2D eigenvalue weighted by Crippen LogP contribution is 2.38. The summed E-state index contributed by atoms with van der Waals surface area (Å²) < 4.78 is 5.68. The summed E-state index contributed by atoms with van der Waals surface area (Å²) in [5.41, 5.74) is 0.230. The molecule has 3 heteroatoms. The molecule has 1 aliphatic heterocycles. The Morgan fingerprint density at radius 3 is 3.16 bits per heavy atom. The molecule has 1 N–H and O–H groups in total. The van der Waals surface area contributed by atoms with Crippen LogP contribution in [0.15, 0.2) is 36.7 Å². The second kappa shape index (κ2) is 4.91. The standard InChI is InChI=1S/C16H19NO2/c1-2-13-10-16(18,7-9-19-13)15-5-3-4-12-11-17-8-6-14(12)15/h3-6,8,11,13,18H,2,7,9-10H2,1H3. The van der Waals surface area contributed by atoms with Crippen LogP contribution in [0.3, 0.4) is 0 Å². The molecular formula is C16H19NO2. The van der Waals surface area contributed by atoms with Gasteiger partial charge in [0.1, 0.15) is 0 Å². The van der Waals surface area contributed by atoms with Gasteiger partial charge in [-0.15, -0.1) is 0 Å². The van der Waals surface area contributed by atoms with Gasteiger partial charge in [0.25, 0.3) is 0 Å². The molecule has 19 heavy (non-hydrogen) atoms. The first-order valence-electron chi connectivity index (χ1n) is 6.90. The molecule has 2 unspecified atom stereocenters. The molecule has 0 spiro atoms. The Labute approximate surface area is 113 Å². The zero-order valence-electron chi connectivity index (χ0n) is 11.2. The van der Waals surface area contributed by atoms with Crippen LogP contribution in [0.1, 0.15) is 31.7 Å². The quantitative estimate of drug-likeness (QED) is 0.899. The van der Waals surface area contributed by atoms with E-state index in [1.807, 2.05) is 30.5 Å². The molecule has 2 atom stereocenters. The molecule has 1 fully saturated rings. The lowest BCUT2D eigenvalue weighted by molar-refractivity contribution is -0.107. The fourth-order valence-electron chi connectivity index (χ4n) is 2.97. The molecule has 1 saturated heterocycles. The number of pyridine rings is 1. The maximum atomic E-state index is 11.0. The van der Waals surface area contributed by atoms with E-state index in [0.717, 1.165) is 22.8 Å². The minimum absolute atomic E-state index is 0.149. The van der Waals surface area contributed by atoms with E-state index < -0.39 is 5.60 Å². The molecule has 1 aliphatic rings. The molecule has 2 aromatic rings. The van der Waals surface area contributed by atoms with Crippen molar-refractivity contribution >= 4 is 10.8 Å². The van der Waals surface area contributed by atoms with E-state index >= 15 is 0 Å². The summed E-state index contributed by atoms with van der Waals surface area (Å²) in [5.74, 6) is 0. The van der Waals surface area contributed by atoms with Crippen LogP contribution in [0.25, 0.3) is 10.8 Å². The summed E-state index contributed by atoms with van der Waals surface area (Å²) in [7, 11) is 0. The van der Waals surface area contributed by atoms with Crippen LogP contribution in [-0.4, -0.2) is 22.8 Å². The Bertz CT molecular complexity index is 578. The number of ether oxygens (including phenoxy) is 1. The van der Waals surface area contributed by atoms with Gasteiger partial charge < -0.3 is 9.84 Å². The highest BCUT2D eigenvalue weighted by molar-refractivity contribution is 5.85. The normalized spacial score (nSPS) is 27.6. The monoisotopic (exact) mass is 257 g/mol. The maximum Gasteiger partial charge on any atom is 0.0949 e. The van der Waals surface area contributed by atoms with Crippen molar-refractivity contribution in [2.75, 3.05) is 6.61 Å². The molecule has 100 valence electrons. The molecule has 3 nitrogen and oxygen atoms in total. The Hall–Kier alpha value is -1.45. The molecule has 0 saturated carbocycles. The van der Waals surface area contributed by atoms with Crippen LogP contribution in [0.5, 0.6) is 0 Å². The van der Waals surface area contributed by atoms with Gasteiger partial charge in [-0.25, -0.2) is 0 Å². The zero-order valence-corrected chi connectivity index (χ0v) is 11.2. The first-order valence-corrected chi connectivity index (χ1v) is 6.90. The van der Waals surface area contributed by atoms with Crippen LogP contribution in [0.2, 0.25) is 0 Å². The summed E-state index contributed by atoms with van der Waals surface area (Å²) >= 11 is 0. The van der Waals surface area contributed by atoms with Gasteiger partial charge in [-0.3, -0.25) is 4.98 Å². The van der Waals surface area contributed by atoms with E-state index in [2.05, 4.69) is 11.9 Å². The van der Waals surface area contributed by atoms with Crippen LogP contribution < -0.4 is 0 Å². The lowest BCUT2D eigenvalue weighted by Gasteiger charge is -2.37. The summed E-state index contributed by atoms with van der Waals surface area (Å²) in [4.78, 5) is 4.15. The number of rotatable bonds is 2. The summed E-state index contributed by atoms with van der Waals surface area (Å²) in [6, 6.07) is 8.04. The molecule has 0 bridgehead atoms. The van der Waals surface area contributed by atoms with Gasteiger partial charge in [-0.05, 0) is 23.4 Å². The van der Waals surface area contributed by atoms with Crippen molar-refractivity contribution in [3.8, 4) is 0 Å². The zero-order chi connectivity index (χ0) is 13.3. The Morgan fingerprint density at radius 1 is 1.42 bits per heavy atom. The van der Waals surface area contributed by atoms with Crippen molar-refractivity contribution in [2.45, 2.75) is 37.9 Å². The second-order valence-corrected chi connectivity index (χ2v) is 5.29. The predicted molar refractivity (Wildman–Crippen MR) is 74.9 cm³/mol. The third-order valence-electron chi connectivity index (χ3n) is 4.07. The smallest absolute Gasteiger partial charge is 0.0949 e. The third-order valence-corrected chi connectivity index (χ3v) is 4.07. The van der Waals surface area contributed by atoms with Crippen molar-refractivity contribution in [2.24, 2.45) is 0 Å².